The van der Waals surface area contributed by atoms with Crippen LogP contribution in [0.1, 0.15) is 5.69 Å². The number of anilines is 1. The smallest absolute Gasteiger partial charge is 0.279 e. The van der Waals surface area contributed by atoms with Gasteiger partial charge in [-0.15, -0.1) is 0 Å². The molecule has 0 spiro atoms. The number of benzene rings is 1. The van der Waals surface area contributed by atoms with E-state index in [0.29, 0.717) is 32.0 Å². The zero-order valence-electron chi connectivity index (χ0n) is 16.6. The minimum atomic E-state index is -0.552. The van der Waals surface area contributed by atoms with Crippen molar-refractivity contribution in [1.29, 1.82) is 0 Å². The zero-order valence-corrected chi connectivity index (χ0v) is 18.2. The maximum atomic E-state index is 13.4. The van der Waals surface area contributed by atoms with Crippen LogP contribution in [0.3, 0.4) is 0 Å². The molecule has 1 fully saturated rings. The number of aromatic nitrogens is 2. The van der Waals surface area contributed by atoms with Gasteiger partial charge >= 0.3 is 0 Å². The molecule has 0 saturated carbocycles. The van der Waals surface area contributed by atoms with Crippen LogP contribution in [-0.4, -0.2) is 77.5 Å². The molecule has 1 amide bonds. The van der Waals surface area contributed by atoms with Gasteiger partial charge < -0.3 is 20.3 Å². The van der Waals surface area contributed by atoms with Crippen LogP contribution in [0.25, 0.3) is 0 Å². The Balaban J connectivity index is 1.58. The van der Waals surface area contributed by atoms with E-state index in [-0.39, 0.29) is 40.6 Å². The second kappa shape index (κ2) is 11.3. The summed E-state index contributed by atoms with van der Waals surface area (Å²) >= 11 is 3.06. The third kappa shape index (κ3) is 5.88. The number of carbonyl (C=O) groups excluding carboxylic acids is 2. The fourth-order valence-electron chi connectivity index (χ4n) is 2.76. The minimum absolute atomic E-state index is 0.0565. The van der Waals surface area contributed by atoms with Crippen molar-refractivity contribution in [3.05, 3.63) is 39.9 Å². The number of ether oxygens (including phenoxy) is 1. The van der Waals surface area contributed by atoms with E-state index in [4.69, 9.17) is 9.37 Å². The summed E-state index contributed by atoms with van der Waals surface area (Å²) in [5, 5.41) is 22.3. The van der Waals surface area contributed by atoms with Crippen LogP contribution in [0, 0.1) is 5.82 Å². The molecule has 0 bridgehead atoms. The van der Waals surface area contributed by atoms with Crippen molar-refractivity contribution in [2.75, 3.05) is 44.7 Å². The molecule has 1 aliphatic heterocycles. The first-order valence-corrected chi connectivity index (χ1v) is 10.2. The average Bonchev–Trinajstić information content (AvgIpc) is 3.27. The van der Waals surface area contributed by atoms with Gasteiger partial charge in [0.1, 0.15) is 5.82 Å². The maximum Gasteiger partial charge on any atom is 0.279 e. The van der Waals surface area contributed by atoms with Crippen molar-refractivity contribution in [2.24, 2.45) is 4.99 Å². The molecule has 2 heterocycles. The van der Waals surface area contributed by atoms with Crippen LogP contribution < -0.4 is 16.1 Å². The third-order valence-electron chi connectivity index (χ3n) is 4.30. The standard InChI is InChI=1S/C18H19BrFN7O5/c19-12-9-11(1-2-13(12)20)23-17(24-30)15-16(26-32-25-15)21-3-4-22-18(29)14(10-28)27-5-7-31-8-6-27/h1-2,9,30H,3-8H2,(H,21,26)(H,22,29)(H,23,24). The van der Waals surface area contributed by atoms with Crippen LogP contribution >= 0.6 is 15.9 Å². The summed E-state index contributed by atoms with van der Waals surface area (Å²) < 4.78 is 23.5. The molecule has 4 N–H and O–H groups in total. The van der Waals surface area contributed by atoms with Crippen molar-refractivity contribution in [2.45, 2.75) is 0 Å². The van der Waals surface area contributed by atoms with E-state index < -0.39 is 11.7 Å². The van der Waals surface area contributed by atoms with Crippen LogP contribution in [-0.2, 0) is 14.3 Å². The van der Waals surface area contributed by atoms with E-state index >= 15 is 0 Å². The number of rotatable bonds is 8. The number of hydrogen-bond acceptors (Lipinski definition) is 10. The lowest BCUT2D eigenvalue weighted by Gasteiger charge is -2.28. The minimum Gasteiger partial charge on any atom is -0.378 e. The van der Waals surface area contributed by atoms with Gasteiger partial charge in [0.25, 0.3) is 5.91 Å². The lowest BCUT2D eigenvalue weighted by Crippen LogP contribution is -2.42. The van der Waals surface area contributed by atoms with Gasteiger partial charge in [-0.2, -0.15) is 0 Å². The Labute approximate surface area is 189 Å². The van der Waals surface area contributed by atoms with E-state index in [1.165, 1.54) is 18.2 Å². The molecule has 12 nitrogen and oxygen atoms in total. The van der Waals surface area contributed by atoms with Crippen molar-refractivity contribution in [3.8, 4) is 0 Å². The van der Waals surface area contributed by atoms with Gasteiger partial charge in [-0.3, -0.25) is 15.5 Å². The first-order chi connectivity index (χ1) is 15.5. The van der Waals surface area contributed by atoms with Crippen molar-refractivity contribution in [1.82, 2.24) is 26.0 Å². The van der Waals surface area contributed by atoms with Gasteiger partial charge in [-0.25, -0.2) is 18.8 Å². The largest absolute Gasteiger partial charge is 0.378 e. The summed E-state index contributed by atoms with van der Waals surface area (Å²) in [6.45, 7) is 2.07. The third-order valence-corrected chi connectivity index (χ3v) is 4.91. The molecule has 0 atom stereocenters. The Hall–Kier alpha value is -3.32. The summed E-state index contributed by atoms with van der Waals surface area (Å²) in [4.78, 5) is 29.2. The fraction of sp³-hybridized carbons (Fsp3) is 0.333. The first kappa shape index (κ1) is 23.3. The zero-order chi connectivity index (χ0) is 22.9. The maximum absolute atomic E-state index is 13.4. The highest BCUT2D eigenvalue weighted by Crippen LogP contribution is 2.23. The molecule has 1 aromatic heterocycles. The number of nitrogens with one attached hydrogen (secondary N) is 3. The number of nitrogens with zero attached hydrogens (tertiary/aromatic N) is 4. The number of hydroxylamine groups is 1. The van der Waals surface area contributed by atoms with Crippen LogP contribution in [0.5, 0.6) is 0 Å². The normalized spacial score (nSPS) is 14.0. The Morgan fingerprint density at radius 1 is 1.31 bits per heavy atom. The number of halogens is 2. The highest BCUT2D eigenvalue weighted by molar-refractivity contribution is 9.10. The molecular formula is C18H19BrFN7O5. The quantitative estimate of drug-likeness (QED) is 0.0988. The van der Waals surface area contributed by atoms with Crippen LogP contribution in [0.15, 0.2) is 38.0 Å². The van der Waals surface area contributed by atoms with E-state index in [9.17, 15) is 19.2 Å². The molecule has 1 aliphatic rings. The first-order valence-electron chi connectivity index (χ1n) is 9.40. The molecule has 14 heteroatoms. The summed E-state index contributed by atoms with van der Waals surface area (Å²) in [5.74, 6) is 0.699. The lowest BCUT2D eigenvalue weighted by atomic mass is 10.3. The number of carbonyl (C=O) groups is 1. The molecular weight excluding hydrogens is 493 g/mol. The van der Waals surface area contributed by atoms with Crippen LogP contribution in [0.4, 0.5) is 15.9 Å². The number of amidine groups is 1. The Kier molecular flexibility index (Phi) is 8.27. The number of amides is 1. The second-order valence-electron chi connectivity index (χ2n) is 6.36. The number of aliphatic imine (C=N–C) groups is 1. The molecule has 170 valence electrons. The second-order valence-corrected chi connectivity index (χ2v) is 7.22. The lowest BCUT2D eigenvalue weighted by molar-refractivity contribution is -0.119. The van der Waals surface area contributed by atoms with Gasteiger partial charge in [0, 0.05) is 26.2 Å². The van der Waals surface area contributed by atoms with E-state index in [2.05, 4.69) is 41.9 Å². The fourth-order valence-corrected chi connectivity index (χ4v) is 3.12. The van der Waals surface area contributed by atoms with E-state index in [1.54, 1.807) is 10.8 Å². The molecule has 0 radical (unpaired) electrons. The monoisotopic (exact) mass is 511 g/mol. The van der Waals surface area contributed by atoms with Gasteiger partial charge in [0.05, 0.1) is 23.4 Å². The van der Waals surface area contributed by atoms with Gasteiger partial charge in [-0.05, 0) is 44.4 Å². The molecule has 3 rings (SSSR count). The topological polar surface area (TPSA) is 154 Å². The highest BCUT2D eigenvalue weighted by Gasteiger charge is 2.21. The molecule has 1 aromatic carbocycles. The number of hydrogen-bond donors (Lipinski definition) is 4. The summed E-state index contributed by atoms with van der Waals surface area (Å²) in [7, 11) is 0. The van der Waals surface area contributed by atoms with Crippen molar-refractivity contribution >= 4 is 45.1 Å². The molecule has 0 unspecified atom stereocenters. The number of morpholine rings is 1. The molecule has 1 saturated heterocycles. The van der Waals surface area contributed by atoms with Crippen molar-refractivity contribution < 1.29 is 28.6 Å². The molecule has 32 heavy (non-hydrogen) atoms. The van der Waals surface area contributed by atoms with Gasteiger partial charge in [-0.1, -0.05) is 0 Å². The Morgan fingerprint density at radius 3 is 2.78 bits per heavy atom. The van der Waals surface area contributed by atoms with Gasteiger partial charge in [0.2, 0.25) is 5.82 Å². The Bertz CT molecular complexity index is 1030. The predicted octanol–water partition coefficient (Wildman–Crippen LogP) is 0.604. The molecule has 2 aromatic rings. The summed E-state index contributed by atoms with van der Waals surface area (Å²) in [6.07, 6.45) is 0. The predicted molar refractivity (Wildman–Crippen MR) is 113 cm³/mol. The Morgan fingerprint density at radius 2 is 2.09 bits per heavy atom. The van der Waals surface area contributed by atoms with Crippen LogP contribution in [0.2, 0.25) is 0 Å². The SMILES string of the molecule is O=C=C(C(=O)NCCNc1nonc1C(=Nc1ccc(F)c(Br)c1)NO)N1CCOCC1. The summed E-state index contributed by atoms with van der Waals surface area (Å²) in [5.41, 5.74) is 2.20. The van der Waals surface area contributed by atoms with Gasteiger partial charge in [0.15, 0.2) is 23.2 Å². The summed E-state index contributed by atoms with van der Waals surface area (Å²) in [6, 6.07) is 4.02. The van der Waals surface area contributed by atoms with E-state index in [1.807, 2.05) is 5.48 Å². The molecule has 0 aliphatic carbocycles. The highest BCUT2D eigenvalue weighted by atomic mass is 79.9. The van der Waals surface area contributed by atoms with E-state index in [0.717, 1.165) is 0 Å². The van der Waals surface area contributed by atoms with Crippen molar-refractivity contribution in [3.63, 3.8) is 0 Å². The average molecular weight is 512 g/mol.